The lowest BCUT2D eigenvalue weighted by molar-refractivity contribution is 0.0913. The molecule has 2 aromatic carbocycles. The summed E-state index contributed by atoms with van der Waals surface area (Å²) in [6, 6.07) is 8.11. The molecule has 1 fully saturated rings. The zero-order chi connectivity index (χ0) is 25.9. The van der Waals surface area contributed by atoms with E-state index in [0.29, 0.717) is 55.8 Å². The third-order valence-corrected chi connectivity index (χ3v) is 6.75. The molecule has 1 spiro atoms. The number of likely N-dealkylation sites (tertiary alicyclic amines) is 1. The van der Waals surface area contributed by atoms with Crippen LogP contribution in [0.15, 0.2) is 36.4 Å². The van der Waals surface area contributed by atoms with Gasteiger partial charge in [-0.1, -0.05) is 6.07 Å². The summed E-state index contributed by atoms with van der Waals surface area (Å²) in [5, 5.41) is 8.93. The molecule has 0 bridgehead atoms. The van der Waals surface area contributed by atoms with E-state index < -0.39 is 23.1 Å². The Balaban J connectivity index is 1.30. The number of Topliss-reactive ketones (excluding diaryl/α,β-unsaturated/α-hetero) is 1. The first-order valence-corrected chi connectivity index (χ1v) is 12.0. The fourth-order valence-corrected chi connectivity index (χ4v) is 4.66. The van der Waals surface area contributed by atoms with Gasteiger partial charge in [0.2, 0.25) is 0 Å². The molecule has 2 aromatic rings. The van der Waals surface area contributed by atoms with Gasteiger partial charge in [-0.3, -0.25) is 9.59 Å². The van der Waals surface area contributed by atoms with Crippen molar-refractivity contribution in [2.75, 3.05) is 45.6 Å². The zero-order valence-electron chi connectivity index (χ0n) is 20.5. The topological polar surface area (TPSA) is 93.8 Å². The predicted molar refractivity (Wildman–Crippen MR) is 132 cm³/mol. The van der Waals surface area contributed by atoms with Gasteiger partial charge in [0.25, 0.3) is 5.91 Å². The van der Waals surface area contributed by atoms with Crippen LogP contribution in [0.25, 0.3) is 0 Å². The fraction of sp³-hybridized carbons (Fsp3) is 0.423. The van der Waals surface area contributed by atoms with Gasteiger partial charge in [0, 0.05) is 55.9 Å². The molecule has 0 unspecified atom stereocenters. The molecule has 4 rings (SSSR count). The fourth-order valence-electron chi connectivity index (χ4n) is 4.66. The monoisotopic (exact) mass is 499 g/mol. The van der Waals surface area contributed by atoms with Crippen LogP contribution in [0.2, 0.25) is 0 Å². The first-order chi connectivity index (χ1) is 17.2. The Bertz CT molecular complexity index is 1160. The first-order valence-electron chi connectivity index (χ1n) is 12.0. The van der Waals surface area contributed by atoms with Gasteiger partial charge >= 0.3 is 6.03 Å². The summed E-state index contributed by atoms with van der Waals surface area (Å²) >= 11 is 0. The molecule has 0 aliphatic carbocycles. The van der Waals surface area contributed by atoms with Crippen molar-refractivity contribution < 1.29 is 23.2 Å². The molecule has 3 amide bonds. The average molecular weight is 500 g/mol. The molecule has 192 valence electrons. The summed E-state index contributed by atoms with van der Waals surface area (Å²) in [7, 11) is 3.76. The summed E-state index contributed by atoms with van der Waals surface area (Å²) in [4.78, 5) is 41.3. The maximum atomic E-state index is 14.2. The Morgan fingerprint density at radius 3 is 2.56 bits per heavy atom. The average Bonchev–Trinajstić information content (AvgIpc) is 2.84. The van der Waals surface area contributed by atoms with Crippen LogP contribution in [0.4, 0.5) is 19.3 Å². The van der Waals surface area contributed by atoms with Crippen LogP contribution in [0.3, 0.4) is 0 Å². The predicted octanol–water partition coefficient (Wildman–Crippen LogP) is 3.00. The molecular weight excluding hydrogens is 468 g/mol. The zero-order valence-corrected chi connectivity index (χ0v) is 20.5. The van der Waals surface area contributed by atoms with Crippen molar-refractivity contribution in [1.82, 2.24) is 20.4 Å². The lowest BCUT2D eigenvalue weighted by Gasteiger charge is -2.45. The minimum Gasteiger partial charge on any atom is -0.378 e. The number of urea groups is 1. The number of fused-ring (bicyclic) bond motifs is 1. The lowest BCUT2D eigenvalue weighted by atomic mass is 9.78. The highest BCUT2D eigenvalue weighted by Crippen LogP contribution is 2.37. The number of carbonyl (C=O) groups is 3. The molecule has 0 aromatic heterocycles. The molecule has 10 heteroatoms. The SMILES string of the molecule is CN(C)CCNC(=O)c1cc(CNC(=O)N2CCC3(CC2)CC(=O)c2cc(F)ccc2N3)ccc1F. The van der Waals surface area contributed by atoms with Crippen molar-refractivity contribution in [2.24, 2.45) is 0 Å². The summed E-state index contributed by atoms with van der Waals surface area (Å²) in [6.45, 7) is 2.08. The number of hydrogen-bond acceptors (Lipinski definition) is 5. The van der Waals surface area contributed by atoms with Crippen molar-refractivity contribution in [3.63, 3.8) is 0 Å². The number of benzene rings is 2. The Hall–Kier alpha value is -3.53. The quantitative estimate of drug-likeness (QED) is 0.568. The Labute approximate surface area is 209 Å². The van der Waals surface area contributed by atoms with Crippen molar-refractivity contribution >= 4 is 23.4 Å². The number of anilines is 1. The molecule has 8 nitrogen and oxygen atoms in total. The molecule has 2 heterocycles. The number of piperidine rings is 1. The van der Waals surface area contributed by atoms with E-state index in [2.05, 4.69) is 16.0 Å². The maximum absolute atomic E-state index is 14.2. The molecule has 0 radical (unpaired) electrons. The summed E-state index contributed by atoms with van der Waals surface area (Å²) in [5.41, 5.74) is 1.09. The summed E-state index contributed by atoms with van der Waals surface area (Å²) < 4.78 is 27.7. The van der Waals surface area contributed by atoms with Gasteiger partial charge in [0.15, 0.2) is 5.78 Å². The minimum absolute atomic E-state index is 0.0615. The molecule has 36 heavy (non-hydrogen) atoms. The smallest absolute Gasteiger partial charge is 0.317 e. The highest BCUT2D eigenvalue weighted by molar-refractivity contribution is 6.04. The first kappa shape index (κ1) is 25.6. The molecular formula is C26H31F2N5O3. The van der Waals surface area contributed by atoms with Crippen molar-refractivity contribution in [3.8, 4) is 0 Å². The van der Waals surface area contributed by atoms with Gasteiger partial charge in [-0.15, -0.1) is 0 Å². The second-order valence-electron chi connectivity index (χ2n) is 9.71. The Kier molecular flexibility index (Phi) is 7.53. The van der Waals surface area contributed by atoms with Crippen LogP contribution in [0, 0.1) is 11.6 Å². The Morgan fingerprint density at radius 2 is 1.83 bits per heavy atom. The van der Waals surface area contributed by atoms with Crippen LogP contribution in [-0.4, -0.2) is 73.3 Å². The van der Waals surface area contributed by atoms with Crippen LogP contribution in [0.5, 0.6) is 0 Å². The van der Waals surface area contributed by atoms with Crippen molar-refractivity contribution in [1.29, 1.82) is 0 Å². The maximum Gasteiger partial charge on any atom is 0.317 e. The van der Waals surface area contributed by atoms with E-state index in [9.17, 15) is 23.2 Å². The number of likely N-dealkylation sites (N-methyl/N-ethyl adjacent to an activating group) is 1. The Morgan fingerprint density at radius 1 is 1.08 bits per heavy atom. The van der Waals surface area contributed by atoms with E-state index in [1.807, 2.05) is 19.0 Å². The van der Waals surface area contributed by atoms with E-state index in [1.165, 1.54) is 30.3 Å². The van der Waals surface area contributed by atoms with Gasteiger partial charge in [0.05, 0.1) is 5.56 Å². The van der Waals surface area contributed by atoms with Gasteiger partial charge < -0.3 is 25.8 Å². The van der Waals surface area contributed by atoms with Crippen molar-refractivity contribution in [3.05, 3.63) is 64.7 Å². The van der Waals surface area contributed by atoms with E-state index in [1.54, 1.807) is 11.0 Å². The standard InChI is InChI=1S/C26H31F2N5O3/c1-32(2)12-9-29-24(35)19-13-17(3-5-21(19)28)16-30-25(36)33-10-7-26(8-11-33)15-23(34)20-14-18(27)4-6-22(20)31-26/h3-6,13-14,31H,7-12,15-16H2,1-2H3,(H,29,35)(H,30,36). The van der Waals surface area contributed by atoms with Gasteiger partial charge in [-0.2, -0.15) is 0 Å². The van der Waals surface area contributed by atoms with Crippen LogP contribution in [-0.2, 0) is 6.54 Å². The highest BCUT2D eigenvalue weighted by atomic mass is 19.1. The molecule has 3 N–H and O–H groups in total. The van der Waals surface area contributed by atoms with Crippen molar-refractivity contribution in [2.45, 2.75) is 31.3 Å². The highest BCUT2D eigenvalue weighted by Gasteiger charge is 2.41. The molecule has 2 aliphatic heterocycles. The number of halogens is 2. The van der Waals surface area contributed by atoms with Crippen LogP contribution >= 0.6 is 0 Å². The van der Waals surface area contributed by atoms with E-state index in [4.69, 9.17) is 0 Å². The second kappa shape index (κ2) is 10.6. The number of carbonyl (C=O) groups excluding carboxylic acids is 3. The van der Waals surface area contributed by atoms with Gasteiger partial charge in [-0.05, 0) is 62.8 Å². The molecule has 0 atom stereocenters. The summed E-state index contributed by atoms with van der Waals surface area (Å²) in [6.07, 6.45) is 1.42. The summed E-state index contributed by atoms with van der Waals surface area (Å²) in [5.74, 6) is -1.65. The van der Waals surface area contributed by atoms with E-state index in [-0.39, 0.29) is 30.3 Å². The number of nitrogens with one attached hydrogen (secondary N) is 3. The van der Waals surface area contributed by atoms with Gasteiger partial charge in [0.1, 0.15) is 11.6 Å². The van der Waals surface area contributed by atoms with E-state index >= 15 is 0 Å². The molecule has 1 saturated heterocycles. The van der Waals surface area contributed by atoms with E-state index in [0.717, 1.165) is 0 Å². The third-order valence-electron chi connectivity index (χ3n) is 6.75. The number of hydrogen-bond donors (Lipinski definition) is 3. The van der Waals surface area contributed by atoms with Gasteiger partial charge in [-0.25, -0.2) is 13.6 Å². The van der Waals surface area contributed by atoms with Crippen LogP contribution < -0.4 is 16.0 Å². The second-order valence-corrected chi connectivity index (χ2v) is 9.71. The molecule has 0 saturated carbocycles. The number of amides is 3. The number of ketones is 1. The number of rotatable bonds is 6. The van der Waals surface area contributed by atoms with Crippen LogP contribution in [0.1, 0.15) is 45.5 Å². The minimum atomic E-state index is -0.618. The normalized spacial score (nSPS) is 16.5. The third kappa shape index (κ3) is 5.81. The largest absolute Gasteiger partial charge is 0.378 e. The number of nitrogens with zero attached hydrogens (tertiary/aromatic N) is 2. The molecule has 2 aliphatic rings. The lowest BCUT2D eigenvalue weighted by Crippen LogP contribution is -2.55.